The van der Waals surface area contributed by atoms with Gasteiger partial charge in [0.2, 0.25) is 10.0 Å². The van der Waals surface area contributed by atoms with Gasteiger partial charge in [0.25, 0.3) is 0 Å². The Labute approximate surface area is 90.5 Å². The fourth-order valence-electron chi connectivity index (χ4n) is 1.24. The maximum absolute atomic E-state index is 11.5. The summed E-state index contributed by atoms with van der Waals surface area (Å²) in [5, 5.41) is 0. The number of nitrogen functional groups attached to an aromatic ring is 1. The average molecular weight is 228 g/mol. The number of benzene rings is 1. The molecule has 0 aromatic heterocycles. The fraction of sp³-hybridized carbons (Fsp3) is 0.400. The van der Waals surface area contributed by atoms with Crippen LogP contribution in [-0.2, 0) is 10.0 Å². The molecular weight excluding hydrogens is 212 g/mol. The van der Waals surface area contributed by atoms with Gasteiger partial charge in [-0.1, -0.05) is 13.0 Å². The van der Waals surface area contributed by atoms with Crippen LogP contribution in [0.1, 0.15) is 18.9 Å². The van der Waals surface area contributed by atoms with E-state index < -0.39 is 10.0 Å². The Morgan fingerprint density at radius 1 is 1.40 bits per heavy atom. The van der Waals surface area contributed by atoms with E-state index in [1.54, 1.807) is 18.2 Å². The molecule has 0 bridgehead atoms. The molecule has 0 atom stereocenters. The van der Waals surface area contributed by atoms with Gasteiger partial charge in [-0.3, -0.25) is 4.72 Å². The van der Waals surface area contributed by atoms with Crippen molar-refractivity contribution in [3.05, 3.63) is 23.8 Å². The van der Waals surface area contributed by atoms with E-state index in [-0.39, 0.29) is 5.75 Å². The molecule has 1 rings (SSSR count). The Kier molecular flexibility index (Phi) is 3.57. The third-order valence-corrected chi connectivity index (χ3v) is 3.48. The minimum Gasteiger partial charge on any atom is -0.399 e. The predicted molar refractivity (Wildman–Crippen MR) is 63.3 cm³/mol. The molecule has 1 aromatic rings. The third-order valence-electron chi connectivity index (χ3n) is 2.00. The zero-order valence-electron chi connectivity index (χ0n) is 8.95. The first-order valence-corrected chi connectivity index (χ1v) is 6.46. The van der Waals surface area contributed by atoms with Crippen LogP contribution in [0.25, 0.3) is 0 Å². The summed E-state index contributed by atoms with van der Waals surface area (Å²) in [5.74, 6) is 0.126. The SMILES string of the molecule is CCCS(=O)(=O)Nc1cc(N)ccc1C. The van der Waals surface area contributed by atoms with Crippen LogP contribution in [0.4, 0.5) is 11.4 Å². The molecule has 0 saturated heterocycles. The van der Waals surface area contributed by atoms with Crippen LogP contribution < -0.4 is 10.5 Å². The van der Waals surface area contributed by atoms with E-state index in [9.17, 15) is 8.42 Å². The van der Waals surface area contributed by atoms with Crippen LogP contribution >= 0.6 is 0 Å². The molecule has 5 heteroatoms. The van der Waals surface area contributed by atoms with E-state index in [1.165, 1.54) is 0 Å². The van der Waals surface area contributed by atoms with Gasteiger partial charge in [-0.05, 0) is 31.0 Å². The van der Waals surface area contributed by atoms with Crippen molar-refractivity contribution < 1.29 is 8.42 Å². The highest BCUT2D eigenvalue weighted by Crippen LogP contribution is 2.19. The minimum absolute atomic E-state index is 0.126. The first-order valence-electron chi connectivity index (χ1n) is 4.81. The van der Waals surface area contributed by atoms with Gasteiger partial charge >= 0.3 is 0 Å². The van der Waals surface area contributed by atoms with Crippen molar-refractivity contribution in [2.45, 2.75) is 20.3 Å². The molecule has 0 unspecified atom stereocenters. The lowest BCUT2D eigenvalue weighted by molar-refractivity contribution is 0.600. The molecule has 1 aromatic carbocycles. The summed E-state index contributed by atoms with van der Waals surface area (Å²) in [7, 11) is -3.23. The molecule has 0 fully saturated rings. The lowest BCUT2D eigenvalue weighted by Gasteiger charge is -2.10. The summed E-state index contributed by atoms with van der Waals surface area (Å²) in [6, 6.07) is 5.16. The summed E-state index contributed by atoms with van der Waals surface area (Å²) in [5.41, 5.74) is 7.56. The average Bonchev–Trinajstić information content (AvgIpc) is 2.10. The lowest BCUT2D eigenvalue weighted by Crippen LogP contribution is -2.16. The van der Waals surface area contributed by atoms with E-state index in [0.29, 0.717) is 17.8 Å². The summed E-state index contributed by atoms with van der Waals surface area (Å²) >= 11 is 0. The molecule has 0 radical (unpaired) electrons. The number of sulfonamides is 1. The Morgan fingerprint density at radius 2 is 2.07 bits per heavy atom. The molecule has 0 saturated carbocycles. The van der Waals surface area contributed by atoms with Crippen LogP contribution in [0.3, 0.4) is 0 Å². The Balaban J connectivity index is 2.94. The van der Waals surface area contributed by atoms with Crippen molar-refractivity contribution in [3.63, 3.8) is 0 Å². The Bertz CT molecular complexity index is 441. The van der Waals surface area contributed by atoms with Gasteiger partial charge in [0.05, 0.1) is 11.4 Å². The molecule has 0 heterocycles. The predicted octanol–water partition coefficient (Wildman–Crippen LogP) is 1.73. The molecule has 0 spiro atoms. The van der Waals surface area contributed by atoms with Crippen LogP contribution in [0, 0.1) is 6.92 Å². The number of hydrogen-bond acceptors (Lipinski definition) is 3. The van der Waals surface area contributed by atoms with E-state index in [2.05, 4.69) is 4.72 Å². The van der Waals surface area contributed by atoms with Gasteiger partial charge in [0.15, 0.2) is 0 Å². The number of nitrogens with two attached hydrogens (primary N) is 1. The first kappa shape index (κ1) is 11.8. The van der Waals surface area contributed by atoms with Gasteiger partial charge < -0.3 is 5.73 Å². The Morgan fingerprint density at radius 3 is 2.67 bits per heavy atom. The maximum Gasteiger partial charge on any atom is 0.232 e. The van der Waals surface area contributed by atoms with Gasteiger partial charge in [0.1, 0.15) is 0 Å². The minimum atomic E-state index is -3.23. The molecule has 0 aliphatic heterocycles. The van der Waals surface area contributed by atoms with Gasteiger partial charge in [-0.2, -0.15) is 0 Å². The number of nitrogens with one attached hydrogen (secondary N) is 1. The first-order chi connectivity index (χ1) is 6.94. The number of aryl methyl sites for hydroxylation is 1. The second-order valence-corrected chi connectivity index (χ2v) is 5.34. The van der Waals surface area contributed by atoms with Crippen LogP contribution in [0.5, 0.6) is 0 Å². The zero-order chi connectivity index (χ0) is 11.5. The lowest BCUT2D eigenvalue weighted by atomic mass is 10.2. The smallest absolute Gasteiger partial charge is 0.232 e. The molecule has 84 valence electrons. The van der Waals surface area contributed by atoms with Gasteiger partial charge in [0, 0.05) is 5.69 Å². The topological polar surface area (TPSA) is 72.2 Å². The summed E-state index contributed by atoms with van der Waals surface area (Å²) < 4.78 is 25.5. The normalized spacial score (nSPS) is 11.3. The van der Waals surface area contributed by atoms with Crippen molar-refractivity contribution in [2.24, 2.45) is 0 Å². The van der Waals surface area contributed by atoms with E-state index in [4.69, 9.17) is 5.73 Å². The molecule has 15 heavy (non-hydrogen) atoms. The van der Waals surface area contributed by atoms with Crippen molar-refractivity contribution in [3.8, 4) is 0 Å². The maximum atomic E-state index is 11.5. The third kappa shape index (κ3) is 3.43. The van der Waals surface area contributed by atoms with Crippen molar-refractivity contribution in [1.82, 2.24) is 0 Å². The quantitative estimate of drug-likeness (QED) is 0.771. The molecular formula is C10H16N2O2S. The van der Waals surface area contributed by atoms with E-state index >= 15 is 0 Å². The van der Waals surface area contributed by atoms with Crippen molar-refractivity contribution in [1.29, 1.82) is 0 Å². The number of anilines is 2. The number of rotatable bonds is 4. The zero-order valence-corrected chi connectivity index (χ0v) is 9.76. The molecule has 0 amide bonds. The molecule has 0 aliphatic rings. The summed E-state index contributed by atoms with van der Waals surface area (Å²) in [6.45, 7) is 3.66. The van der Waals surface area contributed by atoms with Gasteiger partial charge in [-0.25, -0.2) is 8.42 Å². The molecule has 4 nitrogen and oxygen atoms in total. The largest absolute Gasteiger partial charge is 0.399 e. The fourth-order valence-corrected chi connectivity index (χ4v) is 2.43. The Hall–Kier alpha value is -1.23. The van der Waals surface area contributed by atoms with Crippen LogP contribution in [0.2, 0.25) is 0 Å². The summed E-state index contributed by atoms with van der Waals surface area (Å²) in [4.78, 5) is 0. The molecule has 3 N–H and O–H groups in total. The van der Waals surface area contributed by atoms with Crippen molar-refractivity contribution >= 4 is 21.4 Å². The standard InChI is InChI=1S/C10H16N2O2S/c1-3-6-15(13,14)12-10-7-9(11)5-4-8(10)2/h4-5,7,12H,3,6,11H2,1-2H3. The van der Waals surface area contributed by atoms with Crippen LogP contribution in [0.15, 0.2) is 18.2 Å². The second-order valence-electron chi connectivity index (χ2n) is 3.50. The monoisotopic (exact) mass is 228 g/mol. The van der Waals surface area contributed by atoms with E-state index in [0.717, 1.165) is 5.56 Å². The van der Waals surface area contributed by atoms with Crippen LogP contribution in [-0.4, -0.2) is 14.2 Å². The second kappa shape index (κ2) is 4.53. The molecule has 0 aliphatic carbocycles. The van der Waals surface area contributed by atoms with Gasteiger partial charge in [-0.15, -0.1) is 0 Å². The highest BCUT2D eigenvalue weighted by molar-refractivity contribution is 7.92. The highest BCUT2D eigenvalue weighted by Gasteiger charge is 2.10. The highest BCUT2D eigenvalue weighted by atomic mass is 32.2. The van der Waals surface area contributed by atoms with E-state index in [1.807, 2.05) is 13.8 Å². The summed E-state index contributed by atoms with van der Waals surface area (Å²) in [6.07, 6.45) is 0.594. The number of hydrogen-bond donors (Lipinski definition) is 2. The van der Waals surface area contributed by atoms with Crippen molar-refractivity contribution in [2.75, 3.05) is 16.2 Å².